The van der Waals surface area contributed by atoms with Gasteiger partial charge in [-0.1, -0.05) is 39.7 Å². The van der Waals surface area contributed by atoms with Crippen molar-refractivity contribution in [3.8, 4) is 0 Å². The molecule has 70 valence electrons. The van der Waals surface area contributed by atoms with Crippen LogP contribution in [0.1, 0.15) is 11.1 Å². The van der Waals surface area contributed by atoms with Crippen LogP contribution >= 0.6 is 27.5 Å². The smallest absolute Gasteiger partial charge is 0.0644 e. The van der Waals surface area contributed by atoms with Gasteiger partial charge in [-0.3, -0.25) is 0 Å². The molecule has 0 aliphatic carbocycles. The maximum Gasteiger partial charge on any atom is 0.0644 e. The summed E-state index contributed by atoms with van der Waals surface area (Å²) in [6.07, 6.45) is 4.02. The van der Waals surface area contributed by atoms with Crippen LogP contribution in [0.4, 0.5) is 5.69 Å². The molecule has 0 unspecified atom stereocenters. The van der Waals surface area contributed by atoms with E-state index in [9.17, 15) is 0 Å². The Kier molecular flexibility index (Phi) is 3.82. The third kappa shape index (κ3) is 2.75. The summed E-state index contributed by atoms with van der Waals surface area (Å²) >= 11 is 9.24. The number of hydrogen-bond donors (Lipinski definition) is 1. The predicted molar refractivity (Wildman–Crippen MR) is 63.4 cm³/mol. The van der Waals surface area contributed by atoms with Crippen molar-refractivity contribution < 1.29 is 0 Å². The lowest BCUT2D eigenvalue weighted by atomic mass is 10.1. The third-order valence-corrected chi connectivity index (χ3v) is 2.44. The Balaban J connectivity index is 3.06. The average Bonchev–Trinajstić information content (AvgIpc) is 2.10. The minimum Gasteiger partial charge on any atom is -0.397 e. The van der Waals surface area contributed by atoms with Gasteiger partial charge in [-0.05, 0) is 30.2 Å². The van der Waals surface area contributed by atoms with Gasteiger partial charge in [-0.25, -0.2) is 0 Å². The summed E-state index contributed by atoms with van der Waals surface area (Å²) in [7, 11) is 0. The summed E-state index contributed by atoms with van der Waals surface area (Å²) in [4.78, 5) is 0. The molecule has 3 heteroatoms. The van der Waals surface area contributed by atoms with E-state index in [4.69, 9.17) is 17.3 Å². The molecule has 0 aromatic heterocycles. The second-order valence-corrected chi connectivity index (χ2v) is 3.84. The number of hydrogen-bond acceptors (Lipinski definition) is 1. The van der Waals surface area contributed by atoms with E-state index in [2.05, 4.69) is 15.9 Å². The Morgan fingerprint density at radius 2 is 2.23 bits per heavy atom. The molecule has 0 atom stereocenters. The molecule has 0 fully saturated rings. The van der Waals surface area contributed by atoms with Crippen LogP contribution in [0.3, 0.4) is 0 Å². The zero-order chi connectivity index (χ0) is 9.84. The van der Waals surface area contributed by atoms with E-state index < -0.39 is 0 Å². The number of halogens is 2. The van der Waals surface area contributed by atoms with E-state index in [-0.39, 0.29) is 0 Å². The summed E-state index contributed by atoms with van der Waals surface area (Å²) in [6.45, 7) is 1.95. The monoisotopic (exact) mass is 259 g/mol. The van der Waals surface area contributed by atoms with E-state index in [0.717, 1.165) is 16.5 Å². The highest BCUT2D eigenvalue weighted by molar-refractivity contribution is 9.09. The van der Waals surface area contributed by atoms with Crippen LogP contribution in [0.15, 0.2) is 18.2 Å². The Labute approximate surface area is 91.7 Å². The molecule has 0 spiro atoms. The standard InChI is InChI=1S/C10H11BrClN/c1-7-5-8(3-2-4-11)6-9(12)10(7)13/h2-3,5-6H,4,13H2,1H3. The molecule has 0 saturated heterocycles. The quantitative estimate of drug-likeness (QED) is 0.638. The Morgan fingerprint density at radius 3 is 2.77 bits per heavy atom. The molecule has 2 N–H and O–H groups in total. The number of anilines is 1. The molecular formula is C10H11BrClN. The van der Waals surface area contributed by atoms with Gasteiger partial charge in [0.15, 0.2) is 0 Å². The number of alkyl halides is 1. The molecule has 1 aromatic carbocycles. The Bertz CT molecular complexity index is 311. The molecular weight excluding hydrogens is 249 g/mol. The van der Waals surface area contributed by atoms with Crippen molar-refractivity contribution in [2.45, 2.75) is 6.92 Å². The van der Waals surface area contributed by atoms with Crippen molar-refractivity contribution >= 4 is 39.3 Å². The first kappa shape index (κ1) is 10.6. The average molecular weight is 261 g/mol. The lowest BCUT2D eigenvalue weighted by Gasteiger charge is -2.03. The Morgan fingerprint density at radius 1 is 1.54 bits per heavy atom. The maximum absolute atomic E-state index is 5.93. The number of nitrogen functional groups attached to an aromatic ring is 1. The highest BCUT2D eigenvalue weighted by Gasteiger charge is 2.00. The largest absolute Gasteiger partial charge is 0.397 e. The minimum atomic E-state index is 0.620. The number of allylic oxidation sites excluding steroid dienone is 1. The van der Waals surface area contributed by atoms with Crippen molar-refractivity contribution in [3.05, 3.63) is 34.4 Å². The van der Waals surface area contributed by atoms with E-state index in [1.165, 1.54) is 0 Å². The van der Waals surface area contributed by atoms with Gasteiger partial charge >= 0.3 is 0 Å². The van der Waals surface area contributed by atoms with Gasteiger partial charge in [0, 0.05) is 5.33 Å². The van der Waals surface area contributed by atoms with Gasteiger partial charge in [0.2, 0.25) is 0 Å². The second-order valence-electron chi connectivity index (χ2n) is 2.79. The van der Waals surface area contributed by atoms with Crippen LogP contribution in [0, 0.1) is 6.92 Å². The Hall–Kier alpha value is -0.470. The molecule has 1 rings (SSSR count). The van der Waals surface area contributed by atoms with E-state index in [1.54, 1.807) is 0 Å². The third-order valence-electron chi connectivity index (χ3n) is 1.76. The molecule has 0 amide bonds. The topological polar surface area (TPSA) is 26.0 Å². The SMILES string of the molecule is Cc1cc(C=CCBr)cc(Cl)c1N. The van der Waals surface area contributed by atoms with Crippen molar-refractivity contribution in [3.63, 3.8) is 0 Å². The van der Waals surface area contributed by atoms with Crippen molar-refractivity contribution in [2.75, 3.05) is 11.1 Å². The fraction of sp³-hybridized carbons (Fsp3) is 0.200. The van der Waals surface area contributed by atoms with Crippen molar-refractivity contribution in [2.24, 2.45) is 0 Å². The van der Waals surface area contributed by atoms with Crippen LogP contribution in [0.2, 0.25) is 5.02 Å². The zero-order valence-corrected chi connectivity index (χ0v) is 9.69. The van der Waals surface area contributed by atoms with Gasteiger partial charge in [0.1, 0.15) is 0 Å². The van der Waals surface area contributed by atoms with E-state index >= 15 is 0 Å². The van der Waals surface area contributed by atoms with Crippen LogP contribution < -0.4 is 5.73 Å². The fourth-order valence-electron chi connectivity index (χ4n) is 1.06. The molecule has 0 bridgehead atoms. The summed E-state index contributed by atoms with van der Waals surface area (Å²) in [5, 5.41) is 1.46. The number of aryl methyl sites for hydroxylation is 1. The second kappa shape index (κ2) is 4.68. The molecule has 0 aliphatic heterocycles. The first-order valence-electron chi connectivity index (χ1n) is 3.93. The number of benzene rings is 1. The highest BCUT2D eigenvalue weighted by atomic mass is 79.9. The molecule has 1 aromatic rings. The minimum absolute atomic E-state index is 0.620. The van der Waals surface area contributed by atoms with Crippen LogP contribution in [0.25, 0.3) is 6.08 Å². The van der Waals surface area contributed by atoms with Crippen LogP contribution in [-0.2, 0) is 0 Å². The van der Waals surface area contributed by atoms with Crippen molar-refractivity contribution in [1.82, 2.24) is 0 Å². The van der Waals surface area contributed by atoms with E-state index in [0.29, 0.717) is 10.7 Å². The normalized spacial score (nSPS) is 11.0. The molecule has 1 nitrogen and oxygen atoms in total. The molecule has 0 radical (unpaired) electrons. The van der Waals surface area contributed by atoms with Gasteiger partial charge in [-0.15, -0.1) is 0 Å². The lowest BCUT2D eigenvalue weighted by molar-refractivity contribution is 1.46. The maximum atomic E-state index is 5.93. The summed E-state index contributed by atoms with van der Waals surface area (Å²) < 4.78 is 0. The first-order valence-corrected chi connectivity index (χ1v) is 5.43. The van der Waals surface area contributed by atoms with Crippen molar-refractivity contribution in [1.29, 1.82) is 0 Å². The fourth-order valence-corrected chi connectivity index (χ4v) is 1.52. The van der Waals surface area contributed by atoms with Gasteiger partial charge < -0.3 is 5.73 Å². The molecule has 13 heavy (non-hydrogen) atoms. The number of rotatable bonds is 2. The first-order chi connectivity index (χ1) is 6.15. The zero-order valence-electron chi connectivity index (χ0n) is 7.35. The summed E-state index contributed by atoms with van der Waals surface area (Å²) in [6, 6.07) is 3.88. The molecule has 0 heterocycles. The lowest BCUT2D eigenvalue weighted by Crippen LogP contribution is -1.91. The summed E-state index contributed by atoms with van der Waals surface area (Å²) in [5.41, 5.74) is 8.47. The molecule has 0 aliphatic rings. The van der Waals surface area contributed by atoms with E-state index in [1.807, 2.05) is 31.2 Å². The van der Waals surface area contributed by atoms with Gasteiger partial charge in [0.25, 0.3) is 0 Å². The van der Waals surface area contributed by atoms with Gasteiger partial charge in [-0.2, -0.15) is 0 Å². The summed E-state index contributed by atoms with van der Waals surface area (Å²) in [5.74, 6) is 0. The highest BCUT2D eigenvalue weighted by Crippen LogP contribution is 2.24. The predicted octanol–water partition coefficient (Wildman–Crippen LogP) is 3.64. The van der Waals surface area contributed by atoms with Crippen LogP contribution in [0.5, 0.6) is 0 Å². The van der Waals surface area contributed by atoms with Crippen LogP contribution in [-0.4, -0.2) is 5.33 Å². The number of nitrogens with two attached hydrogens (primary N) is 1. The van der Waals surface area contributed by atoms with Gasteiger partial charge in [0.05, 0.1) is 10.7 Å². The molecule has 0 saturated carbocycles.